The van der Waals surface area contributed by atoms with E-state index in [1.165, 1.54) is 54.1 Å². The van der Waals surface area contributed by atoms with Crippen LogP contribution in [0.1, 0.15) is 10.4 Å². The molecule has 0 aliphatic carbocycles. The molecule has 0 bridgehead atoms. The molecule has 0 saturated carbocycles. The normalized spacial score (nSPS) is 11.5. The van der Waals surface area contributed by atoms with Crippen molar-refractivity contribution in [3.8, 4) is 0 Å². The number of benzene rings is 2. The van der Waals surface area contributed by atoms with Gasteiger partial charge < -0.3 is 9.52 Å². The van der Waals surface area contributed by atoms with Crippen LogP contribution in [0.15, 0.2) is 56.6 Å². The fourth-order valence-electron chi connectivity index (χ4n) is 2.18. The Labute approximate surface area is 136 Å². The summed E-state index contributed by atoms with van der Waals surface area (Å²) in [7, 11) is -2.38. The summed E-state index contributed by atoms with van der Waals surface area (Å²) in [4.78, 5) is 22.2. The smallest absolute Gasteiger partial charge is 0.419 e. The molecule has 0 aliphatic heterocycles. The van der Waals surface area contributed by atoms with E-state index >= 15 is 0 Å². The lowest BCUT2D eigenvalue weighted by atomic mass is 10.2. The summed E-state index contributed by atoms with van der Waals surface area (Å²) < 4.78 is 33.3. The van der Waals surface area contributed by atoms with E-state index in [9.17, 15) is 18.0 Å². The van der Waals surface area contributed by atoms with E-state index in [1.807, 2.05) is 0 Å². The van der Waals surface area contributed by atoms with Gasteiger partial charge in [-0.05, 0) is 42.5 Å². The van der Waals surface area contributed by atoms with E-state index in [2.05, 4.69) is 4.72 Å². The van der Waals surface area contributed by atoms with Crippen LogP contribution in [0, 0.1) is 0 Å². The number of nitrogens with zero attached hydrogens (tertiary/aromatic N) is 1. The molecule has 0 atom stereocenters. The van der Waals surface area contributed by atoms with E-state index < -0.39 is 21.7 Å². The minimum absolute atomic E-state index is 0.0104. The Morgan fingerprint density at radius 2 is 1.83 bits per heavy atom. The lowest BCUT2D eigenvalue weighted by Crippen LogP contribution is -2.13. The van der Waals surface area contributed by atoms with Gasteiger partial charge >= 0.3 is 11.7 Å². The maximum Gasteiger partial charge on any atom is 0.419 e. The molecule has 8 nitrogen and oxygen atoms in total. The summed E-state index contributed by atoms with van der Waals surface area (Å²) in [6.07, 6.45) is 0. The number of aromatic carboxylic acids is 1. The minimum atomic E-state index is -3.89. The second-order valence-electron chi connectivity index (χ2n) is 5.04. The van der Waals surface area contributed by atoms with Crippen molar-refractivity contribution in [1.29, 1.82) is 0 Å². The predicted molar refractivity (Wildman–Crippen MR) is 85.7 cm³/mol. The Hall–Kier alpha value is -3.07. The van der Waals surface area contributed by atoms with Gasteiger partial charge in [0.1, 0.15) is 0 Å². The van der Waals surface area contributed by atoms with Gasteiger partial charge in [-0.25, -0.2) is 18.0 Å². The maximum atomic E-state index is 12.4. The highest BCUT2D eigenvalue weighted by Crippen LogP contribution is 2.21. The molecule has 2 N–H and O–H groups in total. The molecule has 0 fully saturated rings. The molecule has 0 radical (unpaired) electrons. The number of hydrogen-bond acceptors (Lipinski definition) is 5. The molecular formula is C15H12N2O6S. The Bertz CT molecular complexity index is 1090. The van der Waals surface area contributed by atoms with Gasteiger partial charge in [0.15, 0.2) is 5.58 Å². The van der Waals surface area contributed by atoms with Gasteiger partial charge in [-0.15, -0.1) is 0 Å². The molecule has 9 heteroatoms. The third-order valence-corrected chi connectivity index (χ3v) is 4.85. The van der Waals surface area contributed by atoms with Crippen molar-refractivity contribution in [2.45, 2.75) is 4.90 Å². The molecule has 0 unspecified atom stereocenters. The standard InChI is InChI=1S/C15H12N2O6S/c1-17-12-8-10(4-7-13(12)23-15(17)20)16-24(21,22)11-5-2-9(3-6-11)14(18)19/h2-8,16H,1H3,(H,18,19). The number of carboxylic acids is 1. The number of anilines is 1. The average Bonchev–Trinajstić information content (AvgIpc) is 2.82. The molecule has 0 aliphatic rings. The molecule has 3 rings (SSSR count). The van der Waals surface area contributed by atoms with Crippen LogP contribution < -0.4 is 10.5 Å². The highest BCUT2D eigenvalue weighted by molar-refractivity contribution is 7.92. The van der Waals surface area contributed by atoms with Crippen LogP contribution >= 0.6 is 0 Å². The van der Waals surface area contributed by atoms with Crippen molar-refractivity contribution in [2.24, 2.45) is 7.05 Å². The number of carboxylic acid groups (broad SMARTS) is 1. The Balaban J connectivity index is 1.95. The number of oxazole rings is 1. The van der Waals surface area contributed by atoms with Crippen LogP contribution in [0.4, 0.5) is 5.69 Å². The molecule has 0 spiro atoms. The summed E-state index contributed by atoms with van der Waals surface area (Å²) >= 11 is 0. The molecule has 0 saturated heterocycles. The van der Waals surface area contributed by atoms with Gasteiger partial charge in [-0.1, -0.05) is 0 Å². The predicted octanol–water partition coefficient (Wildman–Crippen LogP) is 1.63. The second-order valence-corrected chi connectivity index (χ2v) is 6.73. The molecule has 24 heavy (non-hydrogen) atoms. The fraction of sp³-hybridized carbons (Fsp3) is 0.0667. The van der Waals surface area contributed by atoms with Crippen molar-refractivity contribution in [3.05, 3.63) is 58.6 Å². The van der Waals surface area contributed by atoms with Crippen LogP contribution in [0.2, 0.25) is 0 Å². The molecule has 3 aromatic rings. The summed E-state index contributed by atoms with van der Waals surface area (Å²) in [6, 6.07) is 9.26. The van der Waals surface area contributed by atoms with Crippen molar-refractivity contribution >= 4 is 32.8 Å². The van der Waals surface area contributed by atoms with E-state index in [4.69, 9.17) is 9.52 Å². The summed E-state index contributed by atoms with van der Waals surface area (Å²) in [5.41, 5.74) is 1.03. The third kappa shape index (κ3) is 2.76. The first-order valence-electron chi connectivity index (χ1n) is 6.74. The van der Waals surface area contributed by atoms with Gasteiger partial charge in [0.05, 0.1) is 21.7 Å². The highest BCUT2D eigenvalue weighted by Gasteiger charge is 2.16. The van der Waals surface area contributed by atoms with Gasteiger partial charge in [0.2, 0.25) is 0 Å². The number of hydrogen-bond donors (Lipinski definition) is 2. The van der Waals surface area contributed by atoms with Crippen molar-refractivity contribution in [3.63, 3.8) is 0 Å². The molecule has 0 amide bonds. The van der Waals surface area contributed by atoms with E-state index in [0.717, 1.165) is 0 Å². The number of fused-ring (bicyclic) bond motifs is 1. The molecule has 124 valence electrons. The van der Waals surface area contributed by atoms with Gasteiger partial charge in [-0.2, -0.15) is 0 Å². The van der Waals surface area contributed by atoms with E-state index in [1.54, 1.807) is 0 Å². The SMILES string of the molecule is Cn1c(=O)oc2ccc(NS(=O)(=O)c3ccc(C(=O)O)cc3)cc21. The first-order chi connectivity index (χ1) is 11.3. The summed E-state index contributed by atoms with van der Waals surface area (Å²) in [6.45, 7) is 0. The van der Waals surface area contributed by atoms with Crippen LogP contribution in [0.5, 0.6) is 0 Å². The van der Waals surface area contributed by atoms with Gasteiger partial charge in [0, 0.05) is 7.05 Å². The van der Waals surface area contributed by atoms with Crippen molar-refractivity contribution in [2.75, 3.05) is 4.72 Å². The lowest BCUT2D eigenvalue weighted by molar-refractivity contribution is 0.0696. The zero-order valence-electron chi connectivity index (χ0n) is 12.4. The highest BCUT2D eigenvalue weighted by atomic mass is 32.2. The van der Waals surface area contributed by atoms with E-state index in [0.29, 0.717) is 11.1 Å². The monoisotopic (exact) mass is 348 g/mol. The van der Waals surface area contributed by atoms with Gasteiger partial charge in [0.25, 0.3) is 10.0 Å². The van der Waals surface area contributed by atoms with Crippen LogP contribution in [-0.2, 0) is 17.1 Å². The Morgan fingerprint density at radius 3 is 2.46 bits per heavy atom. The number of carbonyl (C=O) groups is 1. The molecule has 1 heterocycles. The minimum Gasteiger partial charge on any atom is -0.478 e. The Morgan fingerprint density at radius 1 is 1.17 bits per heavy atom. The van der Waals surface area contributed by atoms with E-state index in [-0.39, 0.29) is 16.1 Å². The number of aryl methyl sites for hydroxylation is 1. The first kappa shape index (κ1) is 15.8. The zero-order chi connectivity index (χ0) is 17.5. The Kier molecular flexibility index (Phi) is 3.64. The number of aromatic nitrogens is 1. The molecule has 2 aromatic carbocycles. The second kappa shape index (κ2) is 5.53. The number of nitrogens with one attached hydrogen (secondary N) is 1. The summed E-state index contributed by atoms with van der Waals surface area (Å²) in [5, 5.41) is 8.84. The number of rotatable bonds is 4. The van der Waals surface area contributed by atoms with Crippen molar-refractivity contribution in [1.82, 2.24) is 4.57 Å². The zero-order valence-corrected chi connectivity index (χ0v) is 13.2. The first-order valence-corrected chi connectivity index (χ1v) is 8.22. The maximum absolute atomic E-state index is 12.4. The molecular weight excluding hydrogens is 336 g/mol. The topological polar surface area (TPSA) is 119 Å². The lowest BCUT2D eigenvalue weighted by Gasteiger charge is -2.08. The third-order valence-electron chi connectivity index (χ3n) is 3.46. The van der Waals surface area contributed by atoms with Crippen LogP contribution in [0.3, 0.4) is 0 Å². The largest absolute Gasteiger partial charge is 0.478 e. The molecule has 1 aromatic heterocycles. The van der Waals surface area contributed by atoms with Crippen molar-refractivity contribution < 1.29 is 22.7 Å². The quantitative estimate of drug-likeness (QED) is 0.740. The summed E-state index contributed by atoms with van der Waals surface area (Å²) in [5.74, 6) is -1.69. The van der Waals surface area contributed by atoms with Crippen LogP contribution in [-0.4, -0.2) is 24.1 Å². The van der Waals surface area contributed by atoms with Crippen LogP contribution in [0.25, 0.3) is 11.1 Å². The number of sulfonamides is 1. The average molecular weight is 348 g/mol. The fourth-order valence-corrected chi connectivity index (χ4v) is 3.23. The van der Waals surface area contributed by atoms with Gasteiger partial charge in [-0.3, -0.25) is 9.29 Å².